The van der Waals surface area contributed by atoms with Crippen molar-refractivity contribution >= 4 is 11.8 Å². The largest absolute Gasteiger partial charge is 0.477 e. The van der Waals surface area contributed by atoms with E-state index in [4.69, 9.17) is 4.74 Å². The maximum atomic E-state index is 11.6. The van der Waals surface area contributed by atoms with Crippen LogP contribution < -0.4 is 5.32 Å². The number of ether oxygens (including phenoxy) is 1. The number of aliphatic imine (C=N–C) groups is 1. The van der Waals surface area contributed by atoms with E-state index in [9.17, 15) is 4.79 Å². The monoisotopic (exact) mass is 226 g/mol. The first-order valence-corrected chi connectivity index (χ1v) is 5.81. The third-order valence-electron chi connectivity index (χ3n) is 2.43. The van der Waals surface area contributed by atoms with Gasteiger partial charge in [-0.05, 0) is 34.1 Å². The van der Waals surface area contributed by atoms with Gasteiger partial charge in [0.2, 0.25) is 11.8 Å². The molecular weight excluding hydrogens is 204 g/mol. The van der Waals surface area contributed by atoms with E-state index in [-0.39, 0.29) is 11.4 Å². The Hall–Kier alpha value is -1.06. The van der Waals surface area contributed by atoms with E-state index in [2.05, 4.69) is 10.3 Å². The van der Waals surface area contributed by atoms with Gasteiger partial charge in [-0.25, -0.2) is 4.99 Å². The molecule has 1 heterocycles. The van der Waals surface area contributed by atoms with Gasteiger partial charge < -0.3 is 10.1 Å². The van der Waals surface area contributed by atoms with Crippen LogP contribution in [0.4, 0.5) is 0 Å². The van der Waals surface area contributed by atoms with Crippen LogP contribution in [0.25, 0.3) is 0 Å². The molecule has 0 aromatic carbocycles. The summed E-state index contributed by atoms with van der Waals surface area (Å²) in [5, 5.41) is 2.94. The van der Waals surface area contributed by atoms with Gasteiger partial charge in [0.05, 0.1) is 5.54 Å². The van der Waals surface area contributed by atoms with Crippen LogP contribution in [0.1, 0.15) is 47.5 Å². The minimum Gasteiger partial charge on any atom is -0.477 e. The van der Waals surface area contributed by atoms with E-state index < -0.39 is 5.54 Å². The fourth-order valence-corrected chi connectivity index (χ4v) is 1.60. The van der Waals surface area contributed by atoms with E-state index in [0.29, 0.717) is 18.9 Å². The molecule has 1 aliphatic rings. The van der Waals surface area contributed by atoms with Crippen LogP contribution in [0.15, 0.2) is 4.99 Å². The van der Waals surface area contributed by atoms with Gasteiger partial charge in [0, 0.05) is 6.42 Å². The average molecular weight is 226 g/mol. The highest BCUT2D eigenvalue weighted by Crippen LogP contribution is 2.22. The fraction of sp³-hybridized carbons (Fsp3) is 0.833. The van der Waals surface area contributed by atoms with E-state index in [1.807, 2.05) is 34.6 Å². The summed E-state index contributed by atoms with van der Waals surface area (Å²) in [4.78, 5) is 16.0. The third-order valence-corrected chi connectivity index (χ3v) is 2.43. The van der Waals surface area contributed by atoms with Crippen molar-refractivity contribution in [1.82, 2.24) is 5.32 Å². The summed E-state index contributed by atoms with van der Waals surface area (Å²) in [6.07, 6.45) is 1.39. The molecule has 0 atom stereocenters. The predicted molar refractivity (Wildman–Crippen MR) is 64.6 cm³/mol. The maximum Gasteiger partial charge on any atom is 0.220 e. The van der Waals surface area contributed by atoms with E-state index >= 15 is 0 Å². The topological polar surface area (TPSA) is 50.7 Å². The Balaban J connectivity index is 2.68. The average Bonchev–Trinajstić information content (AvgIpc) is 2.46. The maximum absolute atomic E-state index is 11.6. The summed E-state index contributed by atoms with van der Waals surface area (Å²) >= 11 is 0. The number of hydrogen-bond acceptors (Lipinski definition) is 3. The third kappa shape index (κ3) is 3.22. The second-order valence-corrected chi connectivity index (χ2v) is 5.44. The molecule has 0 aromatic heterocycles. The fourth-order valence-electron chi connectivity index (χ4n) is 1.60. The molecule has 1 amide bonds. The molecule has 0 unspecified atom stereocenters. The van der Waals surface area contributed by atoms with Crippen LogP contribution in [-0.2, 0) is 9.53 Å². The quantitative estimate of drug-likeness (QED) is 0.795. The molecule has 0 aliphatic carbocycles. The Kier molecular flexibility index (Phi) is 3.61. The lowest BCUT2D eigenvalue weighted by molar-refractivity contribution is -0.122. The molecule has 1 N–H and O–H groups in total. The van der Waals surface area contributed by atoms with Gasteiger partial charge in [0.15, 0.2) is 0 Å². The highest BCUT2D eigenvalue weighted by Gasteiger charge is 2.36. The first-order chi connectivity index (χ1) is 7.27. The lowest BCUT2D eigenvalue weighted by Gasteiger charge is -2.25. The van der Waals surface area contributed by atoms with Crippen molar-refractivity contribution in [3.8, 4) is 0 Å². The Morgan fingerprint density at radius 1 is 1.56 bits per heavy atom. The number of rotatable bonds is 4. The molecule has 92 valence electrons. The van der Waals surface area contributed by atoms with Crippen molar-refractivity contribution in [2.24, 2.45) is 4.99 Å². The molecule has 0 bridgehead atoms. The molecule has 1 rings (SSSR count). The summed E-state index contributed by atoms with van der Waals surface area (Å²) in [6.45, 7) is 10.4. The smallest absolute Gasteiger partial charge is 0.220 e. The van der Waals surface area contributed by atoms with E-state index in [0.717, 1.165) is 6.42 Å². The normalized spacial score (nSPS) is 18.9. The van der Waals surface area contributed by atoms with Crippen LogP contribution in [0.3, 0.4) is 0 Å². The van der Waals surface area contributed by atoms with Gasteiger partial charge in [-0.15, -0.1) is 0 Å². The van der Waals surface area contributed by atoms with Gasteiger partial charge >= 0.3 is 0 Å². The highest BCUT2D eigenvalue weighted by atomic mass is 16.5. The lowest BCUT2D eigenvalue weighted by Crippen LogP contribution is -2.49. The zero-order valence-electron chi connectivity index (χ0n) is 10.9. The molecule has 0 spiro atoms. The van der Waals surface area contributed by atoms with Gasteiger partial charge in [0.1, 0.15) is 12.1 Å². The lowest BCUT2D eigenvalue weighted by atomic mass is 10.0. The molecular formula is C12H22N2O2. The van der Waals surface area contributed by atoms with Gasteiger partial charge in [-0.3, -0.25) is 4.79 Å². The van der Waals surface area contributed by atoms with Crippen LogP contribution in [0.5, 0.6) is 0 Å². The molecule has 0 aromatic rings. The van der Waals surface area contributed by atoms with Gasteiger partial charge in [0.25, 0.3) is 0 Å². The van der Waals surface area contributed by atoms with Crippen molar-refractivity contribution in [3.05, 3.63) is 0 Å². The molecule has 4 heteroatoms. The number of carbonyl (C=O) groups excluding carboxylic acids is 1. The Labute approximate surface area is 97.5 Å². The van der Waals surface area contributed by atoms with E-state index in [1.54, 1.807) is 0 Å². The predicted octanol–water partition coefficient (Wildman–Crippen LogP) is 1.89. The molecule has 0 fully saturated rings. The first-order valence-electron chi connectivity index (χ1n) is 5.81. The van der Waals surface area contributed by atoms with Gasteiger partial charge in [-0.2, -0.15) is 0 Å². The summed E-state index contributed by atoms with van der Waals surface area (Å²) in [6, 6.07) is 0. The van der Waals surface area contributed by atoms with Crippen molar-refractivity contribution < 1.29 is 9.53 Å². The number of nitrogens with zero attached hydrogens (tertiary/aromatic N) is 1. The molecule has 0 radical (unpaired) electrons. The Morgan fingerprint density at radius 2 is 2.19 bits per heavy atom. The number of nitrogens with one attached hydrogen (secondary N) is 1. The number of amides is 1. The zero-order valence-corrected chi connectivity index (χ0v) is 10.9. The minimum atomic E-state index is -0.514. The van der Waals surface area contributed by atoms with Crippen molar-refractivity contribution in [2.75, 3.05) is 6.61 Å². The van der Waals surface area contributed by atoms with Crippen LogP contribution in [0.2, 0.25) is 0 Å². The van der Waals surface area contributed by atoms with Crippen molar-refractivity contribution in [1.29, 1.82) is 0 Å². The highest BCUT2D eigenvalue weighted by molar-refractivity contribution is 5.91. The van der Waals surface area contributed by atoms with Crippen LogP contribution in [-0.4, -0.2) is 29.5 Å². The molecule has 1 aliphatic heterocycles. The SMILES string of the molecule is CCCC(=O)NC(C)(C)C1=NC(C)(C)CO1. The number of hydrogen-bond donors (Lipinski definition) is 1. The summed E-state index contributed by atoms with van der Waals surface area (Å²) < 4.78 is 5.55. The zero-order chi connectivity index (χ0) is 12.4. The molecule has 16 heavy (non-hydrogen) atoms. The second kappa shape index (κ2) is 4.44. The standard InChI is InChI=1S/C12H22N2O2/c1-6-7-9(15)13-12(4,5)10-14-11(2,3)8-16-10/h6-8H2,1-5H3,(H,13,15). The molecule has 0 saturated heterocycles. The first kappa shape index (κ1) is 13.0. The number of carbonyl (C=O) groups is 1. The van der Waals surface area contributed by atoms with Crippen LogP contribution >= 0.6 is 0 Å². The molecule has 4 nitrogen and oxygen atoms in total. The minimum absolute atomic E-state index is 0.0449. The summed E-state index contributed by atoms with van der Waals surface area (Å²) in [5.74, 6) is 0.672. The summed E-state index contributed by atoms with van der Waals surface area (Å²) in [7, 11) is 0. The second-order valence-electron chi connectivity index (χ2n) is 5.44. The Bertz CT molecular complexity index is 306. The summed E-state index contributed by atoms with van der Waals surface area (Å²) in [5.41, 5.74) is -0.692. The van der Waals surface area contributed by atoms with E-state index in [1.165, 1.54) is 0 Å². The van der Waals surface area contributed by atoms with Crippen molar-refractivity contribution in [2.45, 2.75) is 58.5 Å². The Morgan fingerprint density at radius 3 is 2.62 bits per heavy atom. The van der Waals surface area contributed by atoms with Gasteiger partial charge in [-0.1, -0.05) is 6.92 Å². The van der Waals surface area contributed by atoms with Crippen LogP contribution in [0, 0.1) is 0 Å². The van der Waals surface area contributed by atoms with Crippen molar-refractivity contribution in [3.63, 3.8) is 0 Å². The molecule has 0 saturated carbocycles.